The first-order chi connectivity index (χ1) is 9.15. The van der Waals surface area contributed by atoms with E-state index in [1.54, 1.807) is 41.5 Å². The van der Waals surface area contributed by atoms with Crippen LogP contribution < -0.4 is 0 Å². The van der Waals surface area contributed by atoms with E-state index in [0.29, 0.717) is 0 Å². The molecule has 0 saturated carbocycles. The van der Waals surface area contributed by atoms with Crippen molar-refractivity contribution in [1.29, 1.82) is 0 Å². The molecule has 0 atom stereocenters. The fourth-order valence-electron chi connectivity index (χ4n) is 1.45. The molecule has 0 amide bonds. The van der Waals surface area contributed by atoms with Gasteiger partial charge in [0, 0.05) is 0 Å². The first-order valence-electron chi connectivity index (χ1n) is 6.54. The zero-order valence-corrected chi connectivity index (χ0v) is 13.3. The molecule has 122 valence electrons. The minimum atomic E-state index is -2.55. The second-order valence-electron chi connectivity index (χ2n) is 6.86. The molecular weight excluding hydrogens is 280 g/mol. The van der Waals surface area contributed by atoms with Crippen molar-refractivity contribution < 1.29 is 34.1 Å². The van der Waals surface area contributed by atoms with E-state index in [1.807, 2.05) is 0 Å². The maximum Gasteiger partial charge on any atom is 0.336 e. The Morgan fingerprint density at radius 3 is 1.29 bits per heavy atom. The van der Waals surface area contributed by atoms with Gasteiger partial charge >= 0.3 is 17.9 Å². The van der Waals surface area contributed by atoms with E-state index in [0.717, 1.165) is 0 Å². The Hall–Kier alpha value is -1.63. The Bertz CT molecular complexity index is 382. The Kier molecular flexibility index (Phi) is 5.93. The predicted molar refractivity (Wildman–Crippen MR) is 73.5 cm³/mol. The van der Waals surface area contributed by atoms with Gasteiger partial charge in [-0.3, -0.25) is 9.59 Å². The average molecular weight is 304 g/mol. The van der Waals surface area contributed by atoms with Crippen LogP contribution in [0.1, 0.15) is 54.4 Å². The van der Waals surface area contributed by atoms with Crippen molar-refractivity contribution in [3.63, 3.8) is 0 Å². The summed E-state index contributed by atoms with van der Waals surface area (Å²) >= 11 is 0. The minimum absolute atomic E-state index is 0.817. The summed E-state index contributed by atoms with van der Waals surface area (Å²) in [6, 6.07) is 0. The van der Waals surface area contributed by atoms with Gasteiger partial charge in [-0.2, -0.15) is 0 Å². The predicted octanol–water partition coefficient (Wildman–Crippen LogP) is 1.27. The number of ether oxygens (including phenoxy) is 2. The van der Waals surface area contributed by atoms with E-state index in [1.165, 1.54) is 0 Å². The van der Waals surface area contributed by atoms with Gasteiger partial charge in [-0.15, -0.1) is 0 Å². The quantitative estimate of drug-likeness (QED) is 0.736. The van der Waals surface area contributed by atoms with Gasteiger partial charge in [0.05, 0.1) is 12.8 Å². The zero-order valence-electron chi connectivity index (χ0n) is 13.3. The summed E-state index contributed by atoms with van der Waals surface area (Å²) in [4.78, 5) is 34.5. The van der Waals surface area contributed by atoms with Gasteiger partial charge in [0.2, 0.25) is 0 Å². The number of carboxylic acid groups (broad SMARTS) is 1. The number of carboxylic acids is 1. The first-order valence-corrected chi connectivity index (χ1v) is 6.54. The van der Waals surface area contributed by atoms with Crippen LogP contribution in [-0.2, 0) is 23.9 Å². The van der Waals surface area contributed by atoms with Crippen molar-refractivity contribution in [2.75, 3.05) is 0 Å². The molecule has 0 fully saturated rings. The molecule has 0 radical (unpaired) electrons. The second kappa shape index (κ2) is 6.43. The van der Waals surface area contributed by atoms with Gasteiger partial charge in [0.1, 0.15) is 11.2 Å². The smallest absolute Gasteiger partial charge is 0.336 e. The first kappa shape index (κ1) is 19.4. The van der Waals surface area contributed by atoms with Crippen LogP contribution in [0.3, 0.4) is 0 Å². The van der Waals surface area contributed by atoms with Crippen LogP contribution in [-0.4, -0.2) is 44.9 Å². The zero-order chi connectivity index (χ0) is 17.1. The molecule has 7 nitrogen and oxygen atoms in total. The number of carbonyl (C=O) groups is 3. The van der Waals surface area contributed by atoms with Gasteiger partial charge in [-0.1, -0.05) is 0 Å². The van der Waals surface area contributed by atoms with Gasteiger partial charge in [-0.25, -0.2) is 4.79 Å². The maximum absolute atomic E-state index is 11.6. The lowest BCUT2D eigenvalue weighted by Gasteiger charge is -2.26. The van der Waals surface area contributed by atoms with Gasteiger partial charge in [0.15, 0.2) is 5.60 Å². The lowest BCUT2D eigenvalue weighted by molar-refractivity contribution is -0.179. The fourth-order valence-corrected chi connectivity index (χ4v) is 1.45. The number of hydrogen-bond acceptors (Lipinski definition) is 6. The number of esters is 2. The third kappa shape index (κ3) is 8.29. The van der Waals surface area contributed by atoms with Crippen LogP contribution in [0.4, 0.5) is 0 Å². The van der Waals surface area contributed by atoms with Crippen LogP contribution in [0.15, 0.2) is 0 Å². The molecule has 0 aromatic rings. The molecule has 21 heavy (non-hydrogen) atoms. The lowest BCUT2D eigenvalue weighted by Crippen LogP contribution is -2.45. The Morgan fingerprint density at radius 1 is 0.810 bits per heavy atom. The number of rotatable bonds is 5. The highest BCUT2D eigenvalue weighted by Crippen LogP contribution is 2.21. The molecule has 0 rings (SSSR count). The van der Waals surface area contributed by atoms with E-state index < -0.39 is 47.6 Å². The molecule has 0 aromatic carbocycles. The largest absolute Gasteiger partial charge is 0.479 e. The molecular formula is C14H24O7. The van der Waals surface area contributed by atoms with E-state index in [2.05, 4.69) is 0 Å². The van der Waals surface area contributed by atoms with Gasteiger partial charge in [-0.05, 0) is 41.5 Å². The highest BCUT2D eigenvalue weighted by atomic mass is 16.6. The van der Waals surface area contributed by atoms with Gasteiger partial charge in [0.25, 0.3) is 0 Å². The number of aliphatic carboxylic acids is 1. The van der Waals surface area contributed by atoms with Crippen LogP contribution in [0.25, 0.3) is 0 Å². The monoisotopic (exact) mass is 304 g/mol. The Balaban J connectivity index is 4.90. The average Bonchev–Trinajstić information content (AvgIpc) is 2.08. The summed E-state index contributed by atoms with van der Waals surface area (Å²) in [5.41, 5.74) is -4.19. The molecule has 0 heterocycles. The van der Waals surface area contributed by atoms with Crippen LogP contribution in [0.2, 0.25) is 0 Å². The Morgan fingerprint density at radius 2 is 1.10 bits per heavy atom. The maximum atomic E-state index is 11.6. The summed E-state index contributed by atoms with van der Waals surface area (Å²) < 4.78 is 9.90. The highest BCUT2D eigenvalue weighted by Gasteiger charge is 2.43. The number of carbonyl (C=O) groups excluding carboxylic acids is 2. The summed E-state index contributed by atoms with van der Waals surface area (Å²) in [7, 11) is 0. The van der Waals surface area contributed by atoms with Crippen molar-refractivity contribution in [3.05, 3.63) is 0 Å². The van der Waals surface area contributed by atoms with Crippen molar-refractivity contribution in [3.8, 4) is 0 Å². The Labute approximate surface area is 124 Å². The molecule has 0 spiro atoms. The number of hydrogen-bond donors (Lipinski definition) is 2. The summed E-state index contributed by atoms with van der Waals surface area (Å²) in [5.74, 6) is -3.49. The van der Waals surface area contributed by atoms with Crippen molar-refractivity contribution in [1.82, 2.24) is 0 Å². The fraction of sp³-hybridized carbons (Fsp3) is 0.786. The third-order valence-electron chi connectivity index (χ3n) is 2.11. The topological polar surface area (TPSA) is 110 Å². The van der Waals surface area contributed by atoms with Crippen molar-refractivity contribution >= 4 is 17.9 Å². The normalized spacial score (nSPS) is 12.7. The van der Waals surface area contributed by atoms with Crippen LogP contribution in [0.5, 0.6) is 0 Å². The minimum Gasteiger partial charge on any atom is -0.479 e. The summed E-state index contributed by atoms with van der Waals surface area (Å²) in [6.45, 7) is 9.66. The molecule has 0 aliphatic carbocycles. The highest BCUT2D eigenvalue weighted by molar-refractivity contribution is 5.89. The van der Waals surface area contributed by atoms with Crippen LogP contribution in [0, 0.1) is 0 Å². The van der Waals surface area contributed by atoms with E-state index in [-0.39, 0.29) is 0 Å². The SMILES string of the molecule is CC(C)(C)OC(=O)CC(O)(CC(=O)OC(C)(C)C)C(=O)O. The van der Waals surface area contributed by atoms with Crippen molar-refractivity contribution in [2.24, 2.45) is 0 Å². The van der Waals surface area contributed by atoms with E-state index in [9.17, 15) is 19.5 Å². The van der Waals surface area contributed by atoms with Crippen molar-refractivity contribution in [2.45, 2.75) is 71.2 Å². The molecule has 0 aliphatic rings. The third-order valence-corrected chi connectivity index (χ3v) is 2.11. The van der Waals surface area contributed by atoms with E-state index >= 15 is 0 Å². The number of aliphatic hydroxyl groups is 1. The molecule has 0 unspecified atom stereocenters. The molecule has 2 N–H and O–H groups in total. The molecule has 7 heteroatoms. The molecule has 0 saturated heterocycles. The summed E-state index contributed by atoms with van der Waals surface area (Å²) in [6.07, 6.45) is -1.67. The lowest BCUT2D eigenvalue weighted by atomic mass is 9.95. The van der Waals surface area contributed by atoms with E-state index in [4.69, 9.17) is 14.6 Å². The second-order valence-corrected chi connectivity index (χ2v) is 6.86. The molecule has 0 aliphatic heterocycles. The molecule has 0 bridgehead atoms. The van der Waals surface area contributed by atoms with Crippen LogP contribution >= 0.6 is 0 Å². The summed E-state index contributed by atoms with van der Waals surface area (Å²) in [5, 5.41) is 19.1. The van der Waals surface area contributed by atoms with Gasteiger partial charge < -0.3 is 19.7 Å². The standard InChI is InChI=1S/C14H24O7/c1-12(2,3)20-9(15)7-14(19,11(17)18)8-10(16)21-13(4,5)6/h19H,7-8H2,1-6H3,(H,17,18). The molecule has 0 aromatic heterocycles.